The number of ether oxygens (including phenoxy) is 1. The topological polar surface area (TPSA) is 47.3 Å². The molecule has 1 heterocycles. The Morgan fingerprint density at radius 3 is 3.00 bits per heavy atom. The van der Waals surface area contributed by atoms with Crippen LogP contribution in [0.3, 0.4) is 0 Å². The monoisotopic (exact) mass is 226 g/mol. The van der Waals surface area contributed by atoms with E-state index >= 15 is 0 Å². The van der Waals surface area contributed by atoms with Crippen LogP contribution in [0.4, 0.5) is 11.4 Å². The Labute approximate surface area is 94.6 Å². The van der Waals surface area contributed by atoms with Gasteiger partial charge in [-0.3, -0.25) is 0 Å². The summed E-state index contributed by atoms with van der Waals surface area (Å²) in [4.78, 5) is 0. The highest BCUT2D eigenvalue weighted by atomic mass is 35.5. The third-order valence-corrected chi connectivity index (χ3v) is 2.96. The number of hydrogen-bond donors (Lipinski definition) is 2. The predicted octanol–water partition coefficient (Wildman–Crippen LogP) is 2.43. The van der Waals surface area contributed by atoms with Gasteiger partial charge in [-0.25, -0.2) is 0 Å². The second kappa shape index (κ2) is 4.29. The molecule has 0 radical (unpaired) electrons. The standard InChI is InChI=1S/C11H15ClN2O/c1-7-4-10(13)9(12)5-11(7)14-8-2-3-15-6-8/h4-5,8,14H,2-3,6,13H2,1H3. The van der Waals surface area contributed by atoms with Crippen molar-refractivity contribution < 1.29 is 4.74 Å². The molecule has 3 nitrogen and oxygen atoms in total. The molecule has 0 spiro atoms. The van der Waals surface area contributed by atoms with E-state index in [1.165, 1.54) is 0 Å². The molecule has 1 fully saturated rings. The maximum atomic E-state index is 5.98. The number of anilines is 2. The first-order valence-electron chi connectivity index (χ1n) is 5.06. The van der Waals surface area contributed by atoms with Crippen molar-refractivity contribution in [2.24, 2.45) is 0 Å². The fourth-order valence-corrected chi connectivity index (χ4v) is 1.89. The second-order valence-electron chi connectivity index (χ2n) is 3.89. The molecule has 1 atom stereocenters. The number of hydrogen-bond acceptors (Lipinski definition) is 3. The van der Waals surface area contributed by atoms with Gasteiger partial charge in [-0.15, -0.1) is 0 Å². The Kier molecular flexibility index (Phi) is 3.03. The summed E-state index contributed by atoms with van der Waals surface area (Å²) >= 11 is 5.98. The highest BCUT2D eigenvalue weighted by molar-refractivity contribution is 6.33. The van der Waals surface area contributed by atoms with Crippen molar-refractivity contribution in [3.05, 3.63) is 22.7 Å². The molecule has 4 heteroatoms. The fraction of sp³-hybridized carbons (Fsp3) is 0.455. The van der Waals surface area contributed by atoms with Gasteiger partial charge in [0.15, 0.2) is 0 Å². The Balaban J connectivity index is 2.16. The van der Waals surface area contributed by atoms with Crippen LogP contribution in [0.2, 0.25) is 5.02 Å². The molecule has 0 bridgehead atoms. The van der Waals surface area contributed by atoms with E-state index < -0.39 is 0 Å². The van der Waals surface area contributed by atoms with Gasteiger partial charge in [0.25, 0.3) is 0 Å². The van der Waals surface area contributed by atoms with Crippen LogP contribution < -0.4 is 11.1 Å². The van der Waals surface area contributed by atoms with Crippen LogP contribution in [-0.4, -0.2) is 19.3 Å². The lowest BCUT2D eigenvalue weighted by Gasteiger charge is -2.15. The third kappa shape index (κ3) is 2.36. The number of rotatable bonds is 2. The zero-order chi connectivity index (χ0) is 10.8. The summed E-state index contributed by atoms with van der Waals surface area (Å²) in [6.45, 7) is 3.62. The van der Waals surface area contributed by atoms with Gasteiger partial charge in [0.05, 0.1) is 23.4 Å². The van der Waals surface area contributed by atoms with Crippen LogP contribution in [0.15, 0.2) is 12.1 Å². The van der Waals surface area contributed by atoms with Gasteiger partial charge in [0, 0.05) is 12.3 Å². The van der Waals surface area contributed by atoms with Gasteiger partial charge >= 0.3 is 0 Å². The minimum Gasteiger partial charge on any atom is -0.398 e. The number of nitrogens with one attached hydrogen (secondary N) is 1. The van der Waals surface area contributed by atoms with Gasteiger partial charge < -0.3 is 15.8 Å². The Bertz CT molecular complexity index is 362. The van der Waals surface area contributed by atoms with E-state index in [9.17, 15) is 0 Å². The van der Waals surface area contributed by atoms with Gasteiger partial charge in [-0.1, -0.05) is 11.6 Å². The molecular formula is C11H15ClN2O. The van der Waals surface area contributed by atoms with Crippen molar-refractivity contribution in [1.29, 1.82) is 0 Å². The SMILES string of the molecule is Cc1cc(N)c(Cl)cc1NC1CCOC1. The molecule has 1 saturated heterocycles. The van der Waals surface area contributed by atoms with Crippen LogP contribution in [0, 0.1) is 6.92 Å². The molecule has 0 amide bonds. The van der Waals surface area contributed by atoms with E-state index in [1.807, 2.05) is 19.1 Å². The van der Waals surface area contributed by atoms with Crippen molar-refractivity contribution in [1.82, 2.24) is 0 Å². The Morgan fingerprint density at radius 1 is 1.53 bits per heavy atom. The summed E-state index contributed by atoms with van der Waals surface area (Å²) in [5.74, 6) is 0. The van der Waals surface area contributed by atoms with Crippen molar-refractivity contribution in [2.45, 2.75) is 19.4 Å². The molecule has 1 aromatic rings. The molecule has 3 N–H and O–H groups in total. The first kappa shape index (κ1) is 10.6. The molecule has 1 aliphatic heterocycles. The molecule has 2 rings (SSSR count). The highest BCUT2D eigenvalue weighted by Crippen LogP contribution is 2.27. The quantitative estimate of drug-likeness (QED) is 0.762. The molecule has 1 aliphatic rings. The maximum Gasteiger partial charge on any atom is 0.0668 e. The molecule has 0 aliphatic carbocycles. The van der Waals surface area contributed by atoms with Gasteiger partial charge in [0.2, 0.25) is 0 Å². The highest BCUT2D eigenvalue weighted by Gasteiger charge is 2.16. The van der Waals surface area contributed by atoms with Gasteiger partial charge in [0.1, 0.15) is 0 Å². The predicted molar refractivity (Wildman–Crippen MR) is 63.4 cm³/mol. The normalized spacial score (nSPS) is 20.5. The number of aryl methyl sites for hydroxylation is 1. The van der Waals surface area contributed by atoms with Crippen LogP contribution in [0.25, 0.3) is 0 Å². The second-order valence-corrected chi connectivity index (χ2v) is 4.30. The van der Waals surface area contributed by atoms with Crippen molar-refractivity contribution in [3.8, 4) is 0 Å². The van der Waals surface area contributed by atoms with Crippen LogP contribution in [-0.2, 0) is 4.74 Å². The molecule has 1 aromatic carbocycles. The van der Waals surface area contributed by atoms with Gasteiger partial charge in [-0.05, 0) is 31.0 Å². The summed E-state index contributed by atoms with van der Waals surface area (Å²) in [7, 11) is 0. The van der Waals surface area contributed by atoms with Crippen LogP contribution in [0.1, 0.15) is 12.0 Å². The molecule has 15 heavy (non-hydrogen) atoms. The summed E-state index contributed by atoms with van der Waals surface area (Å²) in [5, 5.41) is 4.01. The maximum absolute atomic E-state index is 5.98. The van der Waals surface area contributed by atoms with E-state index in [-0.39, 0.29) is 0 Å². The summed E-state index contributed by atoms with van der Waals surface area (Å²) in [5.41, 5.74) is 8.50. The van der Waals surface area contributed by atoms with Crippen molar-refractivity contribution in [3.63, 3.8) is 0 Å². The lowest BCUT2D eigenvalue weighted by atomic mass is 10.1. The summed E-state index contributed by atoms with van der Waals surface area (Å²) < 4.78 is 5.30. The van der Waals surface area contributed by atoms with E-state index in [0.29, 0.717) is 16.8 Å². The molecular weight excluding hydrogens is 212 g/mol. The first-order valence-corrected chi connectivity index (χ1v) is 5.44. The molecule has 0 saturated carbocycles. The third-order valence-electron chi connectivity index (χ3n) is 2.63. The Morgan fingerprint density at radius 2 is 2.33 bits per heavy atom. The van der Waals surface area contributed by atoms with E-state index in [4.69, 9.17) is 22.1 Å². The number of benzene rings is 1. The summed E-state index contributed by atoms with van der Waals surface area (Å²) in [6.07, 6.45) is 1.04. The number of nitrogens with two attached hydrogens (primary N) is 1. The number of halogens is 1. The first-order chi connectivity index (χ1) is 7.16. The van der Waals surface area contributed by atoms with Crippen molar-refractivity contribution >= 4 is 23.0 Å². The van der Waals surface area contributed by atoms with E-state index in [0.717, 1.165) is 30.9 Å². The molecule has 82 valence electrons. The number of nitrogen functional groups attached to an aromatic ring is 1. The van der Waals surface area contributed by atoms with E-state index in [1.54, 1.807) is 0 Å². The zero-order valence-corrected chi connectivity index (χ0v) is 9.47. The van der Waals surface area contributed by atoms with Crippen LogP contribution in [0.5, 0.6) is 0 Å². The Hall–Kier alpha value is -0.930. The summed E-state index contributed by atoms with van der Waals surface area (Å²) in [6, 6.07) is 4.16. The average molecular weight is 227 g/mol. The van der Waals surface area contributed by atoms with Gasteiger partial charge in [-0.2, -0.15) is 0 Å². The zero-order valence-electron chi connectivity index (χ0n) is 8.72. The fourth-order valence-electron chi connectivity index (χ4n) is 1.73. The smallest absolute Gasteiger partial charge is 0.0668 e. The van der Waals surface area contributed by atoms with Crippen LogP contribution >= 0.6 is 11.6 Å². The average Bonchev–Trinajstić information content (AvgIpc) is 2.67. The van der Waals surface area contributed by atoms with Crippen molar-refractivity contribution in [2.75, 3.05) is 24.3 Å². The lowest BCUT2D eigenvalue weighted by molar-refractivity contribution is 0.195. The minimum absolute atomic E-state index is 0.392. The van der Waals surface area contributed by atoms with E-state index in [2.05, 4.69) is 5.32 Å². The lowest BCUT2D eigenvalue weighted by Crippen LogP contribution is -2.19. The molecule has 0 aromatic heterocycles. The largest absolute Gasteiger partial charge is 0.398 e. The molecule has 1 unspecified atom stereocenters. The minimum atomic E-state index is 0.392.